The number of carbonyl (C=O) groups is 2. The summed E-state index contributed by atoms with van der Waals surface area (Å²) in [4.78, 5) is 31.9. The van der Waals surface area contributed by atoms with Crippen molar-refractivity contribution < 1.29 is 14.3 Å². The van der Waals surface area contributed by atoms with Crippen LogP contribution in [0.25, 0.3) is 0 Å². The fourth-order valence-corrected chi connectivity index (χ4v) is 4.33. The molecular weight excluding hydrogens is 338 g/mol. The molecule has 1 fully saturated rings. The first-order valence-corrected chi connectivity index (χ1v) is 9.91. The van der Waals surface area contributed by atoms with Crippen molar-refractivity contribution in [2.45, 2.75) is 71.4 Å². The predicted octanol–water partition coefficient (Wildman–Crippen LogP) is 3.96. The average Bonchev–Trinajstić information content (AvgIpc) is 2.95. The van der Waals surface area contributed by atoms with Gasteiger partial charge in [-0.1, -0.05) is 30.6 Å². The van der Waals surface area contributed by atoms with Crippen LogP contribution < -0.4 is 5.32 Å². The van der Waals surface area contributed by atoms with Crippen LogP contribution in [0.2, 0.25) is 0 Å². The quantitative estimate of drug-likeness (QED) is 0.861. The second-order valence-electron chi connectivity index (χ2n) is 7.86. The molecule has 138 valence electrons. The molecule has 2 heterocycles. The van der Waals surface area contributed by atoms with Gasteiger partial charge in [-0.05, 0) is 33.6 Å². The Labute approximate surface area is 153 Å². The molecule has 25 heavy (non-hydrogen) atoms. The Kier molecular flexibility index (Phi) is 5.32. The van der Waals surface area contributed by atoms with E-state index in [-0.39, 0.29) is 17.9 Å². The monoisotopic (exact) mass is 365 g/mol. The Hall–Kier alpha value is -1.63. The Bertz CT molecular complexity index is 644. The lowest BCUT2D eigenvalue weighted by molar-refractivity contribution is -0.120. The van der Waals surface area contributed by atoms with Crippen molar-refractivity contribution in [1.29, 1.82) is 0 Å². The minimum Gasteiger partial charge on any atom is -0.444 e. The smallest absolute Gasteiger partial charge is 0.410 e. The standard InChI is InChI=1S/C18H27N3O3S/c1-18(2,3)24-17(23)21-10-9-13-14(11-21)25-16(19-13)20-15(22)12-7-5-4-6-8-12/h12H,4-11H2,1-3H3,(H,19,20,22). The third-order valence-electron chi connectivity index (χ3n) is 4.59. The van der Waals surface area contributed by atoms with Gasteiger partial charge < -0.3 is 15.0 Å². The van der Waals surface area contributed by atoms with Crippen LogP contribution in [-0.2, 0) is 22.5 Å². The molecular formula is C18H27N3O3S. The highest BCUT2D eigenvalue weighted by Crippen LogP contribution is 2.30. The van der Waals surface area contributed by atoms with Gasteiger partial charge in [-0.3, -0.25) is 4.79 Å². The van der Waals surface area contributed by atoms with Crippen molar-refractivity contribution in [2.24, 2.45) is 5.92 Å². The van der Waals surface area contributed by atoms with Gasteiger partial charge in [0.25, 0.3) is 0 Å². The Morgan fingerprint density at radius 3 is 2.64 bits per heavy atom. The van der Waals surface area contributed by atoms with Crippen molar-refractivity contribution in [1.82, 2.24) is 9.88 Å². The fraction of sp³-hybridized carbons (Fsp3) is 0.722. The lowest BCUT2D eigenvalue weighted by Crippen LogP contribution is -2.39. The number of hydrogen-bond donors (Lipinski definition) is 1. The van der Waals surface area contributed by atoms with Crippen molar-refractivity contribution in [2.75, 3.05) is 11.9 Å². The van der Waals surface area contributed by atoms with E-state index >= 15 is 0 Å². The molecule has 1 aliphatic carbocycles. The summed E-state index contributed by atoms with van der Waals surface area (Å²) in [5.74, 6) is 0.211. The minimum atomic E-state index is -0.496. The molecule has 7 heteroatoms. The van der Waals surface area contributed by atoms with E-state index < -0.39 is 5.60 Å². The van der Waals surface area contributed by atoms with Crippen LogP contribution in [0.4, 0.5) is 9.93 Å². The lowest BCUT2D eigenvalue weighted by Gasteiger charge is -2.29. The van der Waals surface area contributed by atoms with Crippen molar-refractivity contribution in [3.05, 3.63) is 10.6 Å². The number of rotatable bonds is 2. The van der Waals surface area contributed by atoms with Crippen LogP contribution in [0, 0.1) is 5.92 Å². The van der Waals surface area contributed by atoms with Crippen LogP contribution in [0.5, 0.6) is 0 Å². The molecule has 1 N–H and O–H groups in total. The first-order chi connectivity index (χ1) is 11.8. The number of amides is 2. The molecule has 0 aromatic carbocycles. The van der Waals surface area contributed by atoms with Crippen molar-refractivity contribution in [3.63, 3.8) is 0 Å². The van der Waals surface area contributed by atoms with Crippen molar-refractivity contribution >= 4 is 28.5 Å². The first-order valence-electron chi connectivity index (χ1n) is 9.09. The molecule has 3 rings (SSSR count). The maximum absolute atomic E-state index is 12.4. The molecule has 0 atom stereocenters. The van der Waals surface area contributed by atoms with Gasteiger partial charge in [-0.15, -0.1) is 0 Å². The highest BCUT2D eigenvalue weighted by atomic mass is 32.1. The molecule has 1 aromatic heterocycles. The van der Waals surface area contributed by atoms with Crippen LogP contribution >= 0.6 is 11.3 Å². The summed E-state index contributed by atoms with van der Waals surface area (Å²) in [5.41, 5.74) is 0.494. The summed E-state index contributed by atoms with van der Waals surface area (Å²) in [6, 6.07) is 0. The number of anilines is 1. The number of nitrogens with one attached hydrogen (secondary N) is 1. The van der Waals surface area contributed by atoms with Gasteiger partial charge >= 0.3 is 6.09 Å². The van der Waals surface area contributed by atoms with Gasteiger partial charge in [0.1, 0.15) is 5.60 Å². The summed E-state index contributed by atoms with van der Waals surface area (Å²) in [5, 5.41) is 3.64. The first kappa shape index (κ1) is 18.2. The zero-order valence-electron chi connectivity index (χ0n) is 15.3. The normalized spacial score (nSPS) is 18.6. The summed E-state index contributed by atoms with van der Waals surface area (Å²) < 4.78 is 5.44. The largest absolute Gasteiger partial charge is 0.444 e. The molecule has 1 saturated carbocycles. The molecule has 0 saturated heterocycles. The minimum absolute atomic E-state index is 0.0924. The van der Waals surface area contributed by atoms with E-state index in [0.29, 0.717) is 24.6 Å². The summed E-state index contributed by atoms with van der Waals surface area (Å²) >= 11 is 1.47. The number of aromatic nitrogens is 1. The van der Waals surface area contributed by atoms with E-state index in [2.05, 4.69) is 10.3 Å². The SMILES string of the molecule is CC(C)(C)OC(=O)N1CCc2nc(NC(=O)C3CCCCC3)sc2C1. The molecule has 0 spiro atoms. The third-order valence-corrected chi connectivity index (χ3v) is 5.59. The Morgan fingerprint density at radius 2 is 1.96 bits per heavy atom. The summed E-state index contributed by atoms with van der Waals surface area (Å²) in [6.07, 6.45) is 5.86. The molecule has 0 bridgehead atoms. The van der Waals surface area contributed by atoms with Gasteiger partial charge in [0, 0.05) is 23.8 Å². The second-order valence-corrected chi connectivity index (χ2v) is 8.95. The molecule has 0 unspecified atom stereocenters. The van der Waals surface area contributed by atoms with Crippen LogP contribution in [0.15, 0.2) is 0 Å². The van der Waals surface area contributed by atoms with Crippen LogP contribution in [0.1, 0.15) is 63.4 Å². The molecule has 0 radical (unpaired) electrons. The van der Waals surface area contributed by atoms with E-state index in [0.717, 1.165) is 36.3 Å². The molecule has 6 nitrogen and oxygen atoms in total. The van der Waals surface area contributed by atoms with Gasteiger partial charge in [0.15, 0.2) is 5.13 Å². The fourth-order valence-electron chi connectivity index (χ4n) is 3.30. The van der Waals surface area contributed by atoms with E-state index in [1.165, 1.54) is 17.8 Å². The van der Waals surface area contributed by atoms with Crippen LogP contribution in [0.3, 0.4) is 0 Å². The highest BCUT2D eigenvalue weighted by Gasteiger charge is 2.29. The number of carbonyl (C=O) groups excluding carboxylic acids is 2. The summed E-state index contributed by atoms with van der Waals surface area (Å²) in [6.45, 7) is 6.70. The van der Waals surface area contributed by atoms with E-state index in [1.807, 2.05) is 20.8 Å². The molecule has 2 amide bonds. The number of hydrogen-bond acceptors (Lipinski definition) is 5. The third kappa shape index (κ3) is 4.71. The van der Waals surface area contributed by atoms with Crippen LogP contribution in [-0.4, -0.2) is 34.0 Å². The topological polar surface area (TPSA) is 71.5 Å². The Morgan fingerprint density at radius 1 is 1.24 bits per heavy atom. The average molecular weight is 365 g/mol. The van der Waals surface area contributed by atoms with Gasteiger partial charge in [-0.2, -0.15) is 0 Å². The van der Waals surface area contributed by atoms with E-state index in [9.17, 15) is 9.59 Å². The zero-order chi connectivity index (χ0) is 18.0. The molecule has 1 aromatic rings. The van der Waals surface area contributed by atoms with Crippen molar-refractivity contribution in [3.8, 4) is 0 Å². The maximum Gasteiger partial charge on any atom is 0.410 e. The maximum atomic E-state index is 12.4. The lowest BCUT2D eigenvalue weighted by atomic mass is 9.89. The predicted molar refractivity (Wildman–Crippen MR) is 97.7 cm³/mol. The van der Waals surface area contributed by atoms with Gasteiger partial charge in [0.2, 0.25) is 5.91 Å². The number of ether oxygens (including phenoxy) is 1. The number of fused-ring (bicyclic) bond motifs is 1. The Balaban J connectivity index is 1.60. The van der Waals surface area contributed by atoms with Gasteiger partial charge in [-0.25, -0.2) is 9.78 Å². The van der Waals surface area contributed by atoms with Gasteiger partial charge in [0.05, 0.1) is 12.2 Å². The number of thiazole rings is 1. The number of nitrogens with zero attached hydrogens (tertiary/aromatic N) is 2. The van der Waals surface area contributed by atoms with E-state index in [4.69, 9.17) is 4.74 Å². The molecule has 1 aliphatic heterocycles. The summed E-state index contributed by atoms with van der Waals surface area (Å²) in [7, 11) is 0. The van der Waals surface area contributed by atoms with E-state index in [1.54, 1.807) is 4.90 Å². The zero-order valence-corrected chi connectivity index (χ0v) is 16.1. The second kappa shape index (κ2) is 7.32. The highest BCUT2D eigenvalue weighted by molar-refractivity contribution is 7.15. The molecule has 2 aliphatic rings.